The minimum atomic E-state index is 0.0305. The van der Waals surface area contributed by atoms with Gasteiger partial charge in [0.2, 0.25) is 5.91 Å². The SMILES string of the molecule is Cc1nccn1-c1ncccc1CNC(=O)Cc1ccc2c(c1)CCCC2. The fourth-order valence-electron chi connectivity index (χ4n) is 3.73. The van der Waals surface area contributed by atoms with Gasteiger partial charge >= 0.3 is 0 Å². The molecule has 1 aliphatic carbocycles. The zero-order valence-electron chi connectivity index (χ0n) is 15.6. The zero-order chi connectivity index (χ0) is 18.6. The van der Waals surface area contributed by atoms with Crippen molar-refractivity contribution in [3.63, 3.8) is 0 Å². The molecule has 1 N–H and O–H groups in total. The average Bonchev–Trinajstić information content (AvgIpc) is 3.12. The second-order valence-corrected chi connectivity index (χ2v) is 7.09. The second kappa shape index (κ2) is 7.74. The van der Waals surface area contributed by atoms with Crippen molar-refractivity contribution >= 4 is 5.91 Å². The lowest BCUT2D eigenvalue weighted by Gasteiger charge is -2.16. The summed E-state index contributed by atoms with van der Waals surface area (Å²) in [4.78, 5) is 21.2. The maximum atomic E-state index is 12.5. The molecule has 1 aromatic carbocycles. The molecule has 0 spiro atoms. The van der Waals surface area contributed by atoms with E-state index in [-0.39, 0.29) is 5.91 Å². The molecular weight excluding hydrogens is 336 g/mol. The molecule has 3 aromatic rings. The first kappa shape index (κ1) is 17.5. The maximum absolute atomic E-state index is 12.5. The molecule has 5 nitrogen and oxygen atoms in total. The number of nitrogens with zero attached hydrogens (tertiary/aromatic N) is 3. The molecule has 0 radical (unpaired) electrons. The molecule has 2 aromatic heterocycles. The number of imidazole rings is 1. The number of pyridine rings is 1. The van der Waals surface area contributed by atoms with Crippen molar-refractivity contribution < 1.29 is 4.79 Å². The number of aryl methyl sites for hydroxylation is 3. The molecule has 0 fully saturated rings. The molecule has 138 valence electrons. The number of carbonyl (C=O) groups is 1. The third kappa shape index (κ3) is 3.92. The van der Waals surface area contributed by atoms with E-state index in [9.17, 15) is 4.79 Å². The standard InChI is InChI=1S/C22H24N4O/c1-16-23-11-12-26(16)22-20(7-4-10-24-22)15-25-21(27)14-17-8-9-18-5-2-3-6-19(18)13-17/h4,7-13H,2-3,5-6,14-15H2,1H3,(H,25,27). The molecule has 0 bridgehead atoms. The van der Waals surface area contributed by atoms with Gasteiger partial charge in [-0.25, -0.2) is 9.97 Å². The van der Waals surface area contributed by atoms with E-state index in [1.54, 1.807) is 12.4 Å². The van der Waals surface area contributed by atoms with Gasteiger partial charge in [0.15, 0.2) is 0 Å². The van der Waals surface area contributed by atoms with Crippen LogP contribution in [0.3, 0.4) is 0 Å². The molecular formula is C22H24N4O. The molecule has 0 atom stereocenters. The molecule has 1 aliphatic rings. The number of hydrogen-bond acceptors (Lipinski definition) is 3. The van der Waals surface area contributed by atoms with E-state index in [0.29, 0.717) is 13.0 Å². The predicted molar refractivity (Wildman–Crippen MR) is 105 cm³/mol. The smallest absolute Gasteiger partial charge is 0.224 e. The molecule has 2 heterocycles. The summed E-state index contributed by atoms with van der Waals surface area (Å²) in [5, 5.41) is 3.04. The Labute approximate surface area is 159 Å². The second-order valence-electron chi connectivity index (χ2n) is 7.09. The summed E-state index contributed by atoms with van der Waals surface area (Å²) in [5.74, 6) is 1.71. The average molecular weight is 360 g/mol. The van der Waals surface area contributed by atoms with Crippen molar-refractivity contribution in [1.82, 2.24) is 19.9 Å². The fourth-order valence-corrected chi connectivity index (χ4v) is 3.73. The summed E-state index contributed by atoms with van der Waals surface area (Å²) in [5.41, 5.74) is 4.92. The van der Waals surface area contributed by atoms with Crippen LogP contribution in [0.15, 0.2) is 48.9 Å². The molecule has 27 heavy (non-hydrogen) atoms. The van der Waals surface area contributed by atoms with Gasteiger partial charge in [0.25, 0.3) is 0 Å². The van der Waals surface area contributed by atoms with Gasteiger partial charge in [-0.2, -0.15) is 0 Å². The molecule has 5 heteroatoms. The van der Waals surface area contributed by atoms with Gasteiger partial charge in [-0.3, -0.25) is 9.36 Å². The van der Waals surface area contributed by atoms with Crippen LogP contribution in [0.4, 0.5) is 0 Å². The van der Waals surface area contributed by atoms with E-state index in [4.69, 9.17) is 0 Å². The molecule has 0 aliphatic heterocycles. The number of aromatic nitrogens is 3. The van der Waals surface area contributed by atoms with Crippen molar-refractivity contribution in [2.45, 2.75) is 45.6 Å². The van der Waals surface area contributed by atoms with Crippen LogP contribution in [-0.4, -0.2) is 20.4 Å². The van der Waals surface area contributed by atoms with Crippen molar-refractivity contribution in [1.29, 1.82) is 0 Å². The number of nitrogens with one attached hydrogen (secondary N) is 1. The van der Waals surface area contributed by atoms with Crippen LogP contribution in [0.5, 0.6) is 0 Å². The summed E-state index contributed by atoms with van der Waals surface area (Å²) < 4.78 is 1.94. The Balaban J connectivity index is 1.42. The van der Waals surface area contributed by atoms with Gasteiger partial charge < -0.3 is 5.32 Å². The zero-order valence-corrected chi connectivity index (χ0v) is 15.6. The highest BCUT2D eigenvalue weighted by Gasteiger charge is 2.12. The van der Waals surface area contributed by atoms with E-state index in [1.807, 2.05) is 29.8 Å². The van der Waals surface area contributed by atoms with E-state index < -0.39 is 0 Å². The lowest BCUT2D eigenvalue weighted by Crippen LogP contribution is -2.25. The monoisotopic (exact) mass is 360 g/mol. The number of amides is 1. The first-order valence-electron chi connectivity index (χ1n) is 9.52. The fraction of sp³-hybridized carbons (Fsp3) is 0.318. The number of hydrogen-bond donors (Lipinski definition) is 1. The molecule has 0 saturated heterocycles. The van der Waals surface area contributed by atoms with Crippen molar-refractivity contribution in [2.75, 3.05) is 0 Å². The summed E-state index contributed by atoms with van der Waals surface area (Å²) in [6.45, 7) is 2.39. The third-order valence-corrected chi connectivity index (χ3v) is 5.18. The summed E-state index contributed by atoms with van der Waals surface area (Å²) in [7, 11) is 0. The van der Waals surface area contributed by atoms with E-state index >= 15 is 0 Å². The van der Waals surface area contributed by atoms with Crippen LogP contribution in [0, 0.1) is 6.92 Å². The third-order valence-electron chi connectivity index (χ3n) is 5.18. The van der Waals surface area contributed by atoms with Crippen LogP contribution in [0.25, 0.3) is 5.82 Å². The van der Waals surface area contributed by atoms with E-state index in [0.717, 1.165) is 29.2 Å². The van der Waals surface area contributed by atoms with Crippen molar-refractivity contribution in [3.8, 4) is 5.82 Å². The van der Waals surface area contributed by atoms with Crippen LogP contribution in [-0.2, 0) is 30.6 Å². The number of fused-ring (bicyclic) bond motifs is 1. The Morgan fingerprint density at radius 2 is 1.96 bits per heavy atom. The van der Waals surface area contributed by atoms with Crippen LogP contribution < -0.4 is 5.32 Å². The maximum Gasteiger partial charge on any atom is 0.224 e. The first-order chi connectivity index (χ1) is 13.2. The molecule has 1 amide bonds. The summed E-state index contributed by atoms with van der Waals surface area (Å²) in [6.07, 6.45) is 10.6. The van der Waals surface area contributed by atoms with Crippen molar-refractivity contribution in [2.24, 2.45) is 0 Å². The Hall–Kier alpha value is -2.95. The van der Waals surface area contributed by atoms with Crippen molar-refractivity contribution in [3.05, 3.63) is 77.0 Å². The Kier molecular flexibility index (Phi) is 5.01. The number of benzene rings is 1. The van der Waals surface area contributed by atoms with Gasteiger partial charge in [0, 0.05) is 30.7 Å². The quantitative estimate of drug-likeness (QED) is 0.759. The minimum absolute atomic E-state index is 0.0305. The van der Waals surface area contributed by atoms with Gasteiger partial charge in [0.1, 0.15) is 11.6 Å². The highest BCUT2D eigenvalue weighted by atomic mass is 16.1. The highest BCUT2D eigenvalue weighted by Crippen LogP contribution is 2.22. The van der Waals surface area contributed by atoms with Crippen LogP contribution in [0.2, 0.25) is 0 Å². The van der Waals surface area contributed by atoms with E-state index in [2.05, 4.69) is 33.5 Å². The van der Waals surface area contributed by atoms with Gasteiger partial charge in [0.05, 0.1) is 6.42 Å². The number of rotatable bonds is 5. The molecule has 0 saturated carbocycles. The molecule has 0 unspecified atom stereocenters. The van der Waals surface area contributed by atoms with Crippen LogP contribution >= 0.6 is 0 Å². The van der Waals surface area contributed by atoms with Crippen LogP contribution in [0.1, 0.15) is 40.9 Å². The normalized spacial score (nSPS) is 13.2. The topological polar surface area (TPSA) is 59.8 Å². The largest absolute Gasteiger partial charge is 0.352 e. The summed E-state index contributed by atoms with van der Waals surface area (Å²) in [6, 6.07) is 10.4. The minimum Gasteiger partial charge on any atom is -0.352 e. The highest BCUT2D eigenvalue weighted by molar-refractivity contribution is 5.78. The Morgan fingerprint density at radius 3 is 2.78 bits per heavy atom. The predicted octanol–water partition coefficient (Wildman–Crippen LogP) is 3.31. The van der Waals surface area contributed by atoms with Gasteiger partial charge in [-0.05, 0) is 55.4 Å². The number of carbonyl (C=O) groups excluding carboxylic acids is 1. The lowest BCUT2D eigenvalue weighted by atomic mass is 9.90. The lowest BCUT2D eigenvalue weighted by molar-refractivity contribution is -0.120. The summed E-state index contributed by atoms with van der Waals surface area (Å²) >= 11 is 0. The Morgan fingerprint density at radius 1 is 1.11 bits per heavy atom. The van der Waals surface area contributed by atoms with Gasteiger partial charge in [-0.15, -0.1) is 0 Å². The Bertz CT molecular complexity index is 960. The van der Waals surface area contributed by atoms with E-state index in [1.165, 1.54) is 30.4 Å². The van der Waals surface area contributed by atoms with Gasteiger partial charge in [-0.1, -0.05) is 24.3 Å². The molecule has 4 rings (SSSR count). The first-order valence-corrected chi connectivity index (χ1v) is 9.52.